The highest BCUT2D eigenvalue weighted by atomic mass is 32.2. The minimum absolute atomic E-state index is 0.177. The van der Waals surface area contributed by atoms with Crippen molar-refractivity contribution in [3.8, 4) is 0 Å². The molecular formula is C13H16N4O3S2. The lowest BCUT2D eigenvalue weighted by atomic mass is 10.2. The molecule has 0 radical (unpaired) electrons. The summed E-state index contributed by atoms with van der Waals surface area (Å²) in [7, 11) is 0. The highest BCUT2D eigenvalue weighted by Crippen LogP contribution is 2.29. The Morgan fingerprint density at radius 2 is 2.27 bits per heavy atom. The second kappa shape index (κ2) is 7.95. The number of H-pyrrole nitrogens is 1. The van der Waals surface area contributed by atoms with E-state index in [1.807, 2.05) is 6.92 Å². The molecule has 0 aliphatic rings. The molecule has 0 saturated carbocycles. The molecule has 0 aromatic carbocycles. The quantitative estimate of drug-likeness (QED) is 0.593. The second-order valence-electron chi connectivity index (χ2n) is 4.16. The van der Waals surface area contributed by atoms with Crippen LogP contribution in [0.5, 0.6) is 0 Å². The van der Waals surface area contributed by atoms with Gasteiger partial charge in [0.05, 0.1) is 17.9 Å². The number of hydrogen-bond acceptors (Lipinski definition) is 7. The number of carbonyl (C=O) groups excluding carboxylic acids is 2. The van der Waals surface area contributed by atoms with E-state index in [4.69, 9.17) is 4.74 Å². The summed E-state index contributed by atoms with van der Waals surface area (Å²) in [5, 5.41) is 10.2. The summed E-state index contributed by atoms with van der Waals surface area (Å²) in [6.45, 7) is 4.04. The molecule has 118 valence electrons. The number of ether oxygens (including phenoxy) is 1. The van der Waals surface area contributed by atoms with Crippen LogP contribution >= 0.6 is 23.1 Å². The molecule has 0 saturated heterocycles. The van der Waals surface area contributed by atoms with Gasteiger partial charge in [0.25, 0.3) is 0 Å². The Morgan fingerprint density at radius 3 is 2.91 bits per heavy atom. The van der Waals surface area contributed by atoms with Crippen molar-refractivity contribution in [2.75, 3.05) is 17.7 Å². The van der Waals surface area contributed by atoms with Crippen LogP contribution in [0.15, 0.2) is 17.6 Å². The predicted molar refractivity (Wildman–Crippen MR) is 85.4 cm³/mol. The Kier molecular flexibility index (Phi) is 5.96. The number of anilines is 1. The maximum absolute atomic E-state index is 12.0. The monoisotopic (exact) mass is 340 g/mol. The van der Waals surface area contributed by atoms with Gasteiger partial charge in [-0.2, -0.15) is 5.10 Å². The van der Waals surface area contributed by atoms with Crippen molar-refractivity contribution in [1.82, 2.24) is 15.2 Å². The first kappa shape index (κ1) is 16.5. The SMILES string of the molecule is CCOC(=O)c1cc(CC)sc1NC(=O)CSc1ncn[nH]1. The molecule has 0 aliphatic heterocycles. The summed E-state index contributed by atoms with van der Waals surface area (Å²) in [5.74, 6) is -0.454. The second-order valence-corrected chi connectivity index (χ2v) is 6.26. The molecule has 1 amide bonds. The number of thiophene rings is 1. The van der Waals surface area contributed by atoms with Gasteiger partial charge in [0.2, 0.25) is 5.91 Å². The van der Waals surface area contributed by atoms with Gasteiger partial charge < -0.3 is 10.1 Å². The average molecular weight is 340 g/mol. The van der Waals surface area contributed by atoms with Gasteiger partial charge in [-0.3, -0.25) is 9.89 Å². The summed E-state index contributed by atoms with van der Waals surface area (Å²) in [6.07, 6.45) is 2.17. The Morgan fingerprint density at radius 1 is 1.45 bits per heavy atom. The summed E-state index contributed by atoms with van der Waals surface area (Å²) in [6, 6.07) is 1.77. The number of esters is 1. The lowest BCUT2D eigenvalue weighted by molar-refractivity contribution is -0.113. The summed E-state index contributed by atoms with van der Waals surface area (Å²) < 4.78 is 5.01. The molecule has 0 aliphatic carbocycles. The van der Waals surface area contributed by atoms with Crippen LogP contribution in [0.4, 0.5) is 5.00 Å². The van der Waals surface area contributed by atoms with Crippen LogP contribution in [0.3, 0.4) is 0 Å². The van der Waals surface area contributed by atoms with Gasteiger partial charge in [-0.1, -0.05) is 18.7 Å². The van der Waals surface area contributed by atoms with Crippen molar-refractivity contribution in [3.63, 3.8) is 0 Å². The van der Waals surface area contributed by atoms with Crippen LogP contribution in [-0.4, -0.2) is 39.4 Å². The van der Waals surface area contributed by atoms with E-state index in [2.05, 4.69) is 20.5 Å². The Hall–Kier alpha value is -1.87. The summed E-state index contributed by atoms with van der Waals surface area (Å²) >= 11 is 2.63. The molecule has 2 aromatic rings. The summed E-state index contributed by atoms with van der Waals surface area (Å²) in [4.78, 5) is 28.9. The Balaban J connectivity index is 2.02. The van der Waals surface area contributed by atoms with Crippen molar-refractivity contribution in [2.45, 2.75) is 25.4 Å². The molecule has 9 heteroatoms. The van der Waals surface area contributed by atoms with E-state index < -0.39 is 5.97 Å². The Bertz CT molecular complexity index is 640. The van der Waals surface area contributed by atoms with E-state index in [1.165, 1.54) is 29.4 Å². The molecule has 2 heterocycles. The van der Waals surface area contributed by atoms with E-state index in [0.717, 1.165) is 11.3 Å². The van der Waals surface area contributed by atoms with Gasteiger partial charge in [0, 0.05) is 4.88 Å². The smallest absolute Gasteiger partial charge is 0.341 e. The van der Waals surface area contributed by atoms with Gasteiger partial charge in [-0.05, 0) is 19.4 Å². The van der Waals surface area contributed by atoms with Crippen molar-refractivity contribution >= 4 is 40.0 Å². The number of aromatic amines is 1. The summed E-state index contributed by atoms with van der Waals surface area (Å²) in [5.41, 5.74) is 0.404. The van der Waals surface area contributed by atoms with E-state index in [9.17, 15) is 9.59 Å². The van der Waals surface area contributed by atoms with Gasteiger partial charge in [0.1, 0.15) is 11.3 Å². The molecule has 0 fully saturated rings. The molecule has 2 N–H and O–H groups in total. The number of amides is 1. The van der Waals surface area contributed by atoms with Crippen LogP contribution in [0.25, 0.3) is 0 Å². The third kappa shape index (κ3) is 4.31. The number of carbonyl (C=O) groups is 2. The van der Waals surface area contributed by atoms with Crippen LogP contribution in [0, 0.1) is 0 Å². The Labute approximate surface area is 135 Å². The number of nitrogens with zero attached hydrogens (tertiary/aromatic N) is 2. The molecule has 7 nitrogen and oxygen atoms in total. The first-order chi connectivity index (χ1) is 10.6. The van der Waals surface area contributed by atoms with Crippen LogP contribution in [0.1, 0.15) is 29.1 Å². The number of rotatable bonds is 7. The number of nitrogens with one attached hydrogen (secondary N) is 2. The van der Waals surface area contributed by atoms with Crippen molar-refractivity contribution in [3.05, 3.63) is 22.8 Å². The van der Waals surface area contributed by atoms with Gasteiger partial charge >= 0.3 is 5.97 Å². The van der Waals surface area contributed by atoms with Crippen LogP contribution < -0.4 is 5.32 Å². The average Bonchev–Trinajstić information content (AvgIpc) is 3.14. The zero-order valence-corrected chi connectivity index (χ0v) is 13.8. The van der Waals surface area contributed by atoms with Gasteiger partial charge in [-0.25, -0.2) is 9.78 Å². The van der Waals surface area contributed by atoms with Crippen molar-refractivity contribution in [1.29, 1.82) is 0 Å². The first-order valence-electron chi connectivity index (χ1n) is 6.71. The normalized spacial score (nSPS) is 10.5. The fourth-order valence-electron chi connectivity index (χ4n) is 1.63. The highest BCUT2D eigenvalue weighted by Gasteiger charge is 2.18. The molecular weight excluding hydrogens is 324 g/mol. The van der Waals surface area contributed by atoms with Crippen LogP contribution in [0.2, 0.25) is 0 Å². The fourth-order valence-corrected chi connectivity index (χ4v) is 3.21. The molecule has 0 spiro atoms. The molecule has 22 heavy (non-hydrogen) atoms. The first-order valence-corrected chi connectivity index (χ1v) is 8.52. The minimum Gasteiger partial charge on any atom is -0.462 e. The minimum atomic E-state index is -0.420. The zero-order chi connectivity index (χ0) is 15.9. The lowest BCUT2D eigenvalue weighted by Gasteiger charge is -2.05. The molecule has 0 bridgehead atoms. The largest absolute Gasteiger partial charge is 0.462 e. The van der Waals surface area contributed by atoms with E-state index in [-0.39, 0.29) is 11.7 Å². The lowest BCUT2D eigenvalue weighted by Crippen LogP contribution is -2.16. The standard InChI is InChI=1S/C13H16N4O3S2/c1-3-8-5-9(12(19)20-4-2)11(22-8)16-10(18)6-21-13-14-7-15-17-13/h5,7H,3-4,6H2,1-2H3,(H,16,18)(H,14,15,17). The van der Waals surface area contributed by atoms with Crippen molar-refractivity contribution in [2.24, 2.45) is 0 Å². The van der Waals surface area contributed by atoms with E-state index in [1.54, 1.807) is 13.0 Å². The van der Waals surface area contributed by atoms with Crippen molar-refractivity contribution < 1.29 is 14.3 Å². The number of aromatic nitrogens is 3. The molecule has 0 atom stereocenters. The molecule has 2 aromatic heterocycles. The number of thioether (sulfide) groups is 1. The fraction of sp³-hybridized carbons (Fsp3) is 0.385. The topological polar surface area (TPSA) is 97.0 Å². The third-order valence-electron chi connectivity index (χ3n) is 2.61. The van der Waals surface area contributed by atoms with Gasteiger partial charge in [-0.15, -0.1) is 11.3 Å². The zero-order valence-electron chi connectivity index (χ0n) is 12.2. The maximum Gasteiger partial charge on any atom is 0.341 e. The molecule has 2 rings (SSSR count). The predicted octanol–water partition coefficient (Wildman–Crippen LogP) is 2.34. The van der Waals surface area contributed by atoms with E-state index in [0.29, 0.717) is 22.3 Å². The third-order valence-corrected chi connectivity index (χ3v) is 4.68. The van der Waals surface area contributed by atoms with Gasteiger partial charge in [0.15, 0.2) is 5.16 Å². The van der Waals surface area contributed by atoms with E-state index >= 15 is 0 Å². The molecule has 0 unspecified atom stereocenters. The maximum atomic E-state index is 12.0. The number of hydrogen-bond donors (Lipinski definition) is 2. The highest BCUT2D eigenvalue weighted by molar-refractivity contribution is 7.99. The van der Waals surface area contributed by atoms with Crippen LogP contribution in [-0.2, 0) is 16.0 Å². The number of aryl methyl sites for hydroxylation is 1.